The lowest BCUT2D eigenvalue weighted by molar-refractivity contribution is -0.123. The van der Waals surface area contributed by atoms with Crippen LogP contribution in [0.1, 0.15) is 24.8 Å². The van der Waals surface area contributed by atoms with Crippen molar-refractivity contribution in [3.63, 3.8) is 0 Å². The van der Waals surface area contributed by atoms with Gasteiger partial charge in [-0.05, 0) is 43.2 Å². The zero-order valence-electron chi connectivity index (χ0n) is 11.7. The number of carbonyl (C=O) groups is 1. The minimum absolute atomic E-state index is 0.0289. The van der Waals surface area contributed by atoms with Crippen LogP contribution in [0.4, 0.5) is 0 Å². The molecule has 1 aromatic carbocycles. The number of nitrogens with one attached hydrogen (secondary N) is 1. The van der Waals surface area contributed by atoms with Crippen molar-refractivity contribution in [2.75, 3.05) is 18.6 Å². The van der Waals surface area contributed by atoms with Crippen molar-refractivity contribution < 1.29 is 9.90 Å². The Morgan fingerprint density at radius 1 is 1.50 bits per heavy atom. The Hall–Kier alpha value is -0.710. The molecule has 0 radical (unpaired) electrons. The van der Waals surface area contributed by atoms with Crippen LogP contribution < -0.4 is 5.32 Å². The fraction of sp³-hybridized carbons (Fsp3) is 0.533. The third kappa shape index (κ3) is 4.14. The molecule has 2 N–H and O–H groups in total. The lowest BCUT2D eigenvalue weighted by Gasteiger charge is -2.22. The number of halogens is 1. The topological polar surface area (TPSA) is 49.3 Å². The number of aliphatic hydroxyl groups is 1. The third-order valence-corrected chi connectivity index (χ3v) is 4.69. The normalized spacial score (nSPS) is 24.0. The van der Waals surface area contributed by atoms with E-state index in [0.717, 1.165) is 12.0 Å². The highest BCUT2D eigenvalue weighted by Crippen LogP contribution is 2.47. The van der Waals surface area contributed by atoms with Crippen LogP contribution in [-0.2, 0) is 4.79 Å². The molecule has 0 saturated heterocycles. The Bertz CT molecular complexity index is 475. The number of amides is 1. The molecule has 1 fully saturated rings. The summed E-state index contributed by atoms with van der Waals surface area (Å²) in [7, 11) is 0. The van der Waals surface area contributed by atoms with Gasteiger partial charge in [0.25, 0.3) is 0 Å². The van der Waals surface area contributed by atoms with Gasteiger partial charge >= 0.3 is 0 Å². The molecule has 0 bridgehead atoms. The van der Waals surface area contributed by atoms with Crippen molar-refractivity contribution in [2.45, 2.75) is 24.9 Å². The van der Waals surface area contributed by atoms with Crippen LogP contribution in [-0.4, -0.2) is 35.2 Å². The van der Waals surface area contributed by atoms with Crippen LogP contribution >= 0.6 is 23.4 Å². The molecule has 0 heterocycles. The predicted molar refractivity (Wildman–Crippen MR) is 84.3 cm³/mol. The van der Waals surface area contributed by atoms with Crippen molar-refractivity contribution in [3.05, 3.63) is 34.9 Å². The summed E-state index contributed by atoms with van der Waals surface area (Å²) in [6.07, 6.45) is 2.81. The van der Waals surface area contributed by atoms with Crippen LogP contribution in [0.5, 0.6) is 0 Å². The van der Waals surface area contributed by atoms with Gasteiger partial charge < -0.3 is 10.4 Å². The third-order valence-electron chi connectivity index (χ3n) is 3.52. The van der Waals surface area contributed by atoms with E-state index < -0.39 is 5.60 Å². The summed E-state index contributed by atoms with van der Waals surface area (Å²) in [6.45, 7) is 2.05. The van der Waals surface area contributed by atoms with E-state index in [1.807, 2.05) is 30.5 Å². The summed E-state index contributed by atoms with van der Waals surface area (Å²) in [5.41, 5.74) is 0.310. The van der Waals surface area contributed by atoms with Gasteiger partial charge in [0.2, 0.25) is 5.91 Å². The van der Waals surface area contributed by atoms with Crippen LogP contribution in [0.15, 0.2) is 24.3 Å². The molecule has 0 aliphatic heterocycles. The molecular formula is C15H20ClNO2S. The number of hydrogen-bond donors (Lipinski definition) is 2. The van der Waals surface area contributed by atoms with E-state index in [4.69, 9.17) is 11.6 Å². The molecule has 0 unspecified atom stereocenters. The van der Waals surface area contributed by atoms with Crippen molar-refractivity contribution >= 4 is 29.3 Å². The first-order valence-electron chi connectivity index (χ1n) is 6.67. The first-order valence-corrected chi connectivity index (χ1v) is 8.44. The number of thioether (sulfide) groups is 1. The summed E-state index contributed by atoms with van der Waals surface area (Å²) in [5.74, 6) is 0.962. The monoisotopic (exact) mass is 313 g/mol. The van der Waals surface area contributed by atoms with Gasteiger partial charge in [-0.25, -0.2) is 0 Å². The minimum Gasteiger partial charge on any atom is -0.387 e. The van der Waals surface area contributed by atoms with Gasteiger partial charge in [-0.15, -0.1) is 0 Å². The van der Waals surface area contributed by atoms with E-state index in [1.165, 1.54) is 0 Å². The van der Waals surface area contributed by atoms with Crippen LogP contribution in [0, 0.1) is 5.92 Å². The molecule has 0 spiro atoms. The molecule has 1 aliphatic rings. The molecule has 1 amide bonds. The summed E-state index contributed by atoms with van der Waals surface area (Å²) in [6, 6.07) is 7.66. The van der Waals surface area contributed by atoms with Gasteiger partial charge in [-0.2, -0.15) is 11.8 Å². The molecule has 2 rings (SSSR count). The van der Waals surface area contributed by atoms with E-state index in [0.29, 0.717) is 17.3 Å². The molecule has 3 nitrogen and oxygen atoms in total. The lowest BCUT2D eigenvalue weighted by Crippen LogP contribution is -2.43. The van der Waals surface area contributed by atoms with Gasteiger partial charge in [0.1, 0.15) is 0 Å². The van der Waals surface area contributed by atoms with Crippen molar-refractivity contribution in [2.24, 2.45) is 5.92 Å². The SMILES string of the molecule is CSC[C@@](C)(O)CNC(=O)[C@H]1C[C@@H]1c1ccc(Cl)cc1. The van der Waals surface area contributed by atoms with Crippen molar-refractivity contribution in [3.8, 4) is 0 Å². The van der Waals surface area contributed by atoms with E-state index in [9.17, 15) is 9.90 Å². The number of carbonyl (C=O) groups excluding carboxylic acids is 1. The minimum atomic E-state index is -0.847. The molecule has 1 aliphatic carbocycles. The predicted octanol–water partition coefficient (Wildman–Crippen LogP) is 2.67. The second-order valence-corrected chi connectivity index (χ2v) is 6.95. The molecular weight excluding hydrogens is 294 g/mol. The highest BCUT2D eigenvalue weighted by Gasteiger charge is 2.44. The molecule has 110 valence electrons. The molecule has 1 aromatic rings. The fourth-order valence-electron chi connectivity index (χ4n) is 2.33. The standard InChI is InChI=1S/C15H20ClNO2S/c1-15(19,9-20-2)8-17-14(18)13-7-12(13)10-3-5-11(16)6-4-10/h3-6,12-13,19H,7-9H2,1-2H3,(H,17,18)/t12-,13+,15+/m1/s1. The Balaban J connectivity index is 1.83. The molecule has 1 saturated carbocycles. The van der Waals surface area contributed by atoms with Gasteiger partial charge in [0, 0.05) is 23.2 Å². The lowest BCUT2D eigenvalue weighted by atomic mass is 10.1. The second kappa shape index (κ2) is 6.37. The van der Waals surface area contributed by atoms with Crippen LogP contribution in [0.2, 0.25) is 5.02 Å². The first-order chi connectivity index (χ1) is 9.43. The number of hydrogen-bond acceptors (Lipinski definition) is 3. The van der Waals surface area contributed by atoms with Crippen LogP contribution in [0.25, 0.3) is 0 Å². The summed E-state index contributed by atoms with van der Waals surface area (Å²) >= 11 is 7.43. The van der Waals surface area contributed by atoms with Gasteiger partial charge in [0.15, 0.2) is 0 Å². The summed E-state index contributed by atoms with van der Waals surface area (Å²) < 4.78 is 0. The van der Waals surface area contributed by atoms with Gasteiger partial charge in [0.05, 0.1) is 5.60 Å². The maximum absolute atomic E-state index is 12.1. The molecule has 5 heteroatoms. The largest absolute Gasteiger partial charge is 0.387 e. The summed E-state index contributed by atoms with van der Waals surface area (Å²) in [5, 5.41) is 13.6. The average molecular weight is 314 g/mol. The Morgan fingerprint density at radius 2 is 2.15 bits per heavy atom. The average Bonchev–Trinajstić information content (AvgIpc) is 3.17. The maximum Gasteiger partial charge on any atom is 0.223 e. The zero-order chi connectivity index (χ0) is 14.8. The number of benzene rings is 1. The van der Waals surface area contributed by atoms with E-state index in [-0.39, 0.29) is 17.7 Å². The zero-order valence-corrected chi connectivity index (χ0v) is 13.3. The first kappa shape index (κ1) is 15.7. The van der Waals surface area contributed by atoms with Crippen LogP contribution in [0.3, 0.4) is 0 Å². The maximum atomic E-state index is 12.1. The van der Waals surface area contributed by atoms with Gasteiger partial charge in [-0.3, -0.25) is 4.79 Å². The molecule has 20 heavy (non-hydrogen) atoms. The summed E-state index contributed by atoms with van der Waals surface area (Å²) in [4.78, 5) is 12.1. The van der Waals surface area contributed by atoms with E-state index in [1.54, 1.807) is 18.7 Å². The fourth-order valence-corrected chi connectivity index (χ4v) is 3.18. The second-order valence-electron chi connectivity index (χ2n) is 5.65. The Morgan fingerprint density at radius 3 is 2.75 bits per heavy atom. The van der Waals surface area contributed by atoms with Crippen molar-refractivity contribution in [1.29, 1.82) is 0 Å². The molecule has 3 atom stereocenters. The van der Waals surface area contributed by atoms with E-state index in [2.05, 4.69) is 5.32 Å². The smallest absolute Gasteiger partial charge is 0.223 e. The quantitative estimate of drug-likeness (QED) is 0.849. The van der Waals surface area contributed by atoms with E-state index >= 15 is 0 Å². The van der Waals surface area contributed by atoms with Crippen molar-refractivity contribution in [1.82, 2.24) is 5.32 Å². The molecule has 0 aromatic heterocycles. The highest BCUT2D eigenvalue weighted by atomic mass is 35.5. The number of rotatable bonds is 6. The van der Waals surface area contributed by atoms with Gasteiger partial charge in [-0.1, -0.05) is 23.7 Å². The highest BCUT2D eigenvalue weighted by molar-refractivity contribution is 7.98. The Labute approximate surface area is 129 Å². The Kier molecular flexibility index (Phi) is 4.99.